The summed E-state index contributed by atoms with van der Waals surface area (Å²) in [5.74, 6) is -0.342. The highest BCUT2D eigenvalue weighted by molar-refractivity contribution is 6.42. The molecule has 6 heteroatoms. The Bertz CT molecular complexity index is 757. The summed E-state index contributed by atoms with van der Waals surface area (Å²) in [6.07, 6.45) is 10.8. The van der Waals surface area contributed by atoms with Crippen LogP contribution < -0.4 is 10.2 Å². The normalized spacial score (nSPS) is 14.7. The third-order valence-corrected chi connectivity index (χ3v) is 4.89. The van der Waals surface area contributed by atoms with E-state index in [4.69, 9.17) is 0 Å². The maximum absolute atomic E-state index is 12.2. The predicted molar refractivity (Wildman–Crippen MR) is 99.9 cm³/mol. The zero-order valence-corrected chi connectivity index (χ0v) is 15.0. The second-order valence-electron chi connectivity index (χ2n) is 6.64. The standard InChI is InChI=1S/C20H24N4O2/c1-24(17-9-3-2-4-10-17)19-16(8-6-12-22-19)14-23-20(26)18(25)15-7-5-11-21-13-15/h5-8,11-13,17H,2-4,9-10,14H2,1H3,(H,23,26). The van der Waals surface area contributed by atoms with E-state index in [-0.39, 0.29) is 12.1 Å². The van der Waals surface area contributed by atoms with Crippen molar-refractivity contribution < 1.29 is 9.59 Å². The molecule has 0 bridgehead atoms. The van der Waals surface area contributed by atoms with Crippen LogP contribution in [0.2, 0.25) is 0 Å². The SMILES string of the molecule is CN(c1ncccc1CNC(=O)C(=O)c1cccnc1)C1CCCCC1. The molecule has 0 radical (unpaired) electrons. The van der Waals surface area contributed by atoms with Gasteiger partial charge in [-0.3, -0.25) is 14.6 Å². The van der Waals surface area contributed by atoms with E-state index >= 15 is 0 Å². The number of ketones is 1. The molecule has 3 rings (SSSR count). The summed E-state index contributed by atoms with van der Waals surface area (Å²) in [6.45, 7) is 0.269. The monoisotopic (exact) mass is 352 g/mol. The zero-order chi connectivity index (χ0) is 18.4. The molecule has 1 N–H and O–H groups in total. The van der Waals surface area contributed by atoms with Gasteiger partial charge in [0.2, 0.25) is 0 Å². The molecular weight excluding hydrogens is 328 g/mol. The summed E-state index contributed by atoms with van der Waals surface area (Å²) >= 11 is 0. The van der Waals surface area contributed by atoms with Crippen LogP contribution in [0.5, 0.6) is 0 Å². The van der Waals surface area contributed by atoms with Crippen molar-refractivity contribution in [1.29, 1.82) is 0 Å². The van der Waals surface area contributed by atoms with Crippen molar-refractivity contribution in [3.63, 3.8) is 0 Å². The van der Waals surface area contributed by atoms with Crippen LogP contribution in [0, 0.1) is 0 Å². The number of hydrogen-bond donors (Lipinski definition) is 1. The highest BCUT2D eigenvalue weighted by Crippen LogP contribution is 2.26. The summed E-state index contributed by atoms with van der Waals surface area (Å²) in [5.41, 5.74) is 1.20. The summed E-state index contributed by atoms with van der Waals surface area (Å²) in [4.78, 5) is 34.9. The summed E-state index contributed by atoms with van der Waals surface area (Å²) in [6, 6.07) is 7.49. The Morgan fingerprint density at radius 2 is 1.92 bits per heavy atom. The van der Waals surface area contributed by atoms with Crippen LogP contribution in [0.4, 0.5) is 5.82 Å². The van der Waals surface area contributed by atoms with Crippen molar-refractivity contribution in [2.24, 2.45) is 0 Å². The topological polar surface area (TPSA) is 75.2 Å². The molecule has 1 aliphatic rings. The molecule has 1 fully saturated rings. The van der Waals surface area contributed by atoms with Crippen molar-refractivity contribution >= 4 is 17.5 Å². The molecule has 0 aliphatic heterocycles. The van der Waals surface area contributed by atoms with Crippen LogP contribution in [0.25, 0.3) is 0 Å². The highest BCUT2D eigenvalue weighted by Gasteiger charge is 2.22. The molecule has 0 spiro atoms. The number of carbonyl (C=O) groups is 2. The van der Waals surface area contributed by atoms with Crippen LogP contribution in [0.1, 0.15) is 48.0 Å². The van der Waals surface area contributed by atoms with Gasteiger partial charge in [0.1, 0.15) is 5.82 Å². The molecule has 1 saturated carbocycles. The average molecular weight is 352 g/mol. The first-order chi connectivity index (χ1) is 12.7. The van der Waals surface area contributed by atoms with Gasteiger partial charge in [0.15, 0.2) is 0 Å². The fourth-order valence-electron chi connectivity index (χ4n) is 3.41. The van der Waals surface area contributed by atoms with Crippen LogP contribution in [-0.2, 0) is 11.3 Å². The smallest absolute Gasteiger partial charge is 0.292 e. The largest absolute Gasteiger partial charge is 0.356 e. The Morgan fingerprint density at radius 3 is 2.65 bits per heavy atom. The number of Topliss-reactive ketones (excluding diaryl/α,β-unsaturated/α-hetero) is 1. The maximum Gasteiger partial charge on any atom is 0.292 e. The van der Waals surface area contributed by atoms with Gasteiger partial charge in [-0.1, -0.05) is 25.3 Å². The lowest BCUT2D eigenvalue weighted by atomic mass is 9.94. The summed E-state index contributed by atoms with van der Waals surface area (Å²) < 4.78 is 0. The third kappa shape index (κ3) is 4.25. The van der Waals surface area contributed by atoms with Crippen LogP contribution >= 0.6 is 0 Å². The molecule has 2 aromatic heterocycles. The third-order valence-electron chi connectivity index (χ3n) is 4.89. The molecule has 136 valence electrons. The lowest BCUT2D eigenvalue weighted by Gasteiger charge is -2.33. The predicted octanol–water partition coefficient (Wildman–Crippen LogP) is 2.74. The first-order valence-electron chi connectivity index (χ1n) is 9.06. The zero-order valence-electron chi connectivity index (χ0n) is 15.0. The quantitative estimate of drug-likeness (QED) is 0.639. The number of rotatable bonds is 6. The average Bonchev–Trinajstić information content (AvgIpc) is 2.72. The molecule has 0 aromatic carbocycles. The Morgan fingerprint density at radius 1 is 1.15 bits per heavy atom. The number of carbonyl (C=O) groups excluding carboxylic acids is 2. The van der Waals surface area contributed by atoms with E-state index in [1.807, 2.05) is 12.1 Å². The Kier molecular flexibility index (Phi) is 5.94. The van der Waals surface area contributed by atoms with Gasteiger partial charge in [-0.05, 0) is 31.0 Å². The van der Waals surface area contributed by atoms with E-state index in [0.29, 0.717) is 6.04 Å². The fourth-order valence-corrected chi connectivity index (χ4v) is 3.41. The van der Waals surface area contributed by atoms with Gasteiger partial charge in [0.05, 0.1) is 0 Å². The van der Waals surface area contributed by atoms with Crippen molar-refractivity contribution in [3.8, 4) is 0 Å². The minimum absolute atomic E-state index is 0.269. The Labute approximate surface area is 153 Å². The number of pyridine rings is 2. The molecule has 0 saturated heterocycles. The van der Waals surface area contributed by atoms with Crippen molar-refractivity contribution in [2.45, 2.75) is 44.7 Å². The minimum Gasteiger partial charge on any atom is -0.356 e. The molecule has 2 aromatic rings. The van der Waals surface area contributed by atoms with Crippen molar-refractivity contribution in [2.75, 3.05) is 11.9 Å². The number of aromatic nitrogens is 2. The molecule has 1 amide bonds. The second kappa shape index (κ2) is 8.56. The Balaban J connectivity index is 1.66. The number of amides is 1. The molecule has 26 heavy (non-hydrogen) atoms. The molecule has 0 atom stereocenters. The van der Waals surface area contributed by atoms with Gasteiger partial charge in [0.25, 0.3) is 11.7 Å². The molecule has 1 aliphatic carbocycles. The lowest BCUT2D eigenvalue weighted by Crippen LogP contribution is -2.36. The van der Waals surface area contributed by atoms with Crippen LogP contribution in [0.3, 0.4) is 0 Å². The van der Waals surface area contributed by atoms with Gasteiger partial charge in [-0.15, -0.1) is 0 Å². The van der Waals surface area contributed by atoms with Gasteiger partial charge in [-0.25, -0.2) is 4.98 Å². The van der Waals surface area contributed by atoms with Gasteiger partial charge in [0, 0.05) is 49.4 Å². The minimum atomic E-state index is -0.631. The van der Waals surface area contributed by atoms with Crippen molar-refractivity contribution in [3.05, 3.63) is 54.0 Å². The number of anilines is 1. The van der Waals surface area contributed by atoms with E-state index < -0.39 is 11.7 Å². The maximum atomic E-state index is 12.2. The summed E-state index contributed by atoms with van der Waals surface area (Å²) in [7, 11) is 2.06. The second-order valence-corrected chi connectivity index (χ2v) is 6.64. The van der Waals surface area contributed by atoms with E-state index in [2.05, 4.69) is 27.2 Å². The number of nitrogens with zero attached hydrogens (tertiary/aromatic N) is 3. The van der Waals surface area contributed by atoms with Gasteiger partial charge in [-0.2, -0.15) is 0 Å². The first-order valence-corrected chi connectivity index (χ1v) is 9.06. The molecule has 6 nitrogen and oxygen atoms in total. The Hall–Kier alpha value is -2.76. The van der Waals surface area contributed by atoms with E-state index in [1.165, 1.54) is 38.3 Å². The first kappa shape index (κ1) is 18.0. The van der Waals surface area contributed by atoms with Gasteiger partial charge < -0.3 is 10.2 Å². The molecule has 2 heterocycles. The fraction of sp³-hybridized carbons (Fsp3) is 0.400. The lowest BCUT2D eigenvalue weighted by molar-refractivity contribution is -0.117. The van der Waals surface area contributed by atoms with Crippen molar-refractivity contribution in [1.82, 2.24) is 15.3 Å². The van der Waals surface area contributed by atoms with E-state index in [0.717, 1.165) is 11.4 Å². The van der Waals surface area contributed by atoms with Gasteiger partial charge >= 0.3 is 0 Å². The highest BCUT2D eigenvalue weighted by atomic mass is 16.2. The molecule has 0 unspecified atom stereocenters. The van der Waals surface area contributed by atoms with Crippen LogP contribution in [-0.4, -0.2) is 34.7 Å². The summed E-state index contributed by atoms with van der Waals surface area (Å²) in [5, 5.41) is 2.71. The van der Waals surface area contributed by atoms with E-state index in [9.17, 15) is 9.59 Å². The number of hydrogen-bond acceptors (Lipinski definition) is 5. The van der Waals surface area contributed by atoms with E-state index in [1.54, 1.807) is 24.5 Å². The number of nitrogens with one attached hydrogen (secondary N) is 1. The molecular formula is C20H24N4O2. The van der Waals surface area contributed by atoms with Crippen LogP contribution in [0.15, 0.2) is 42.9 Å².